The smallest absolute Gasteiger partial charge is 0.267 e. The molecular formula is C26H53N2O5S+. The van der Waals surface area contributed by atoms with Gasteiger partial charge in [0, 0.05) is 19.4 Å². The summed E-state index contributed by atoms with van der Waals surface area (Å²) >= 11 is 0. The molecule has 0 aromatic rings. The summed E-state index contributed by atoms with van der Waals surface area (Å²) in [4.78, 5) is 12.0. The molecule has 0 spiro atoms. The second-order valence-electron chi connectivity index (χ2n) is 10.3. The Kier molecular flexibility index (Phi) is 19.7. The van der Waals surface area contributed by atoms with Gasteiger partial charge in [0.05, 0.1) is 20.6 Å². The number of unbranched alkanes of at least 4 members (excludes halogenated alkanes) is 11. The lowest BCUT2D eigenvalue weighted by molar-refractivity contribution is -0.893. The van der Waals surface area contributed by atoms with Gasteiger partial charge < -0.3 is 14.9 Å². The quantitative estimate of drug-likeness (QED) is 0.0797. The van der Waals surface area contributed by atoms with Gasteiger partial charge in [-0.15, -0.1) is 0 Å². The topological polar surface area (TPSA) is 104 Å². The first-order valence-corrected chi connectivity index (χ1v) is 15.0. The highest BCUT2D eigenvalue weighted by atomic mass is 32.2. The summed E-state index contributed by atoms with van der Waals surface area (Å²) < 4.78 is 30.9. The summed E-state index contributed by atoms with van der Waals surface area (Å²) in [6, 6.07) is 0. The lowest BCUT2D eigenvalue weighted by Gasteiger charge is -2.31. The van der Waals surface area contributed by atoms with Crippen LogP contribution in [-0.4, -0.2) is 74.1 Å². The number of quaternary nitrogens is 1. The van der Waals surface area contributed by atoms with Crippen molar-refractivity contribution < 1.29 is 27.4 Å². The van der Waals surface area contributed by atoms with Crippen molar-refractivity contribution in [3.63, 3.8) is 0 Å². The molecule has 0 radical (unpaired) electrons. The molecule has 0 saturated carbocycles. The number of allylic oxidation sites excluding steroid dienone is 2. The zero-order valence-electron chi connectivity index (χ0n) is 22.1. The van der Waals surface area contributed by atoms with Crippen LogP contribution in [0.15, 0.2) is 12.2 Å². The molecule has 1 unspecified atom stereocenters. The van der Waals surface area contributed by atoms with Crippen molar-refractivity contribution in [3.05, 3.63) is 12.2 Å². The van der Waals surface area contributed by atoms with Crippen LogP contribution in [0.4, 0.5) is 0 Å². The van der Waals surface area contributed by atoms with Crippen LogP contribution in [0.2, 0.25) is 0 Å². The van der Waals surface area contributed by atoms with Crippen LogP contribution < -0.4 is 5.32 Å². The third kappa shape index (κ3) is 24.2. The fourth-order valence-electron chi connectivity index (χ4n) is 4.14. The van der Waals surface area contributed by atoms with Crippen LogP contribution in [-0.2, 0) is 14.9 Å². The number of hydrogen-bond donors (Lipinski definition) is 3. The zero-order valence-corrected chi connectivity index (χ0v) is 23.0. The van der Waals surface area contributed by atoms with Gasteiger partial charge in [0.25, 0.3) is 10.1 Å². The lowest BCUT2D eigenvalue weighted by atomic mass is 10.1. The van der Waals surface area contributed by atoms with E-state index in [-0.39, 0.29) is 12.5 Å². The molecule has 34 heavy (non-hydrogen) atoms. The Morgan fingerprint density at radius 3 is 1.97 bits per heavy atom. The van der Waals surface area contributed by atoms with Crippen molar-refractivity contribution >= 4 is 16.0 Å². The second-order valence-corrected chi connectivity index (χ2v) is 11.8. The van der Waals surface area contributed by atoms with Gasteiger partial charge in [-0.3, -0.25) is 9.35 Å². The second kappa shape index (κ2) is 20.3. The van der Waals surface area contributed by atoms with E-state index in [1.54, 1.807) is 0 Å². The van der Waals surface area contributed by atoms with Crippen molar-refractivity contribution in [2.75, 3.05) is 39.5 Å². The molecule has 1 amide bonds. The van der Waals surface area contributed by atoms with Crippen LogP contribution in [0.1, 0.15) is 103 Å². The number of nitrogens with one attached hydrogen (secondary N) is 1. The number of carbonyl (C=O) groups excluding carboxylic acids is 1. The van der Waals surface area contributed by atoms with E-state index in [0.29, 0.717) is 24.0 Å². The molecule has 0 aliphatic carbocycles. The molecule has 202 valence electrons. The average Bonchev–Trinajstić information content (AvgIpc) is 2.72. The highest BCUT2D eigenvalue weighted by Gasteiger charge is 2.24. The summed E-state index contributed by atoms with van der Waals surface area (Å²) in [5.41, 5.74) is 0. The van der Waals surface area contributed by atoms with Crippen LogP contribution in [0.5, 0.6) is 0 Å². The minimum atomic E-state index is -4.18. The first-order valence-electron chi connectivity index (χ1n) is 13.4. The third-order valence-corrected chi connectivity index (χ3v) is 6.84. The molecular weight excluding hydrogens is 452 g/mol. The van der Waals surface area contributed by atoms with Gasteiger partial charge in [-0.2, -0.15) is 8.42 Å². The number of aliphatic hydroxyl groups is 1. The van der Waals surface area contributed by atoms with Gasteiger partial charge in [-0.1, -0.05) is 70.4 Å². The van der Waals surface area contributed by atoms with Crippen LogP contribution in [0.25, 0.3) is 0 Å². The number of amides is 1. The Labute approximate surface area is 209 Å². The fraction of sp³-hybridized carbons (Fsp3) is 0.885. The summed E-state index contributed by atoms with van der Waals surface area (Å²) in [7, 11) is -0.399. The normalized spacial score (nSPS) is 13.4. The van der Waals surface area contributed by atoms with Crippen LogP contribution in [0.3, 0.4) is 0 Å². The molecule has 0 fully saturated rings. The maximum atomic E-state index is 12.0. The number of nitrogens with zero attached hydrogens (tertiary/aromatic N) is 1. The van der Waals surface area contributed by atoms with Gasteiger partial charge in [0.2, 0.25) is 5.91 Å². The van der Waals surface area contributed by atoms with E-state index in [4.69, 9.17) is 4.55 Å². The molecule has 3 N–H and O–H groups in total. The maximum absolute atomic E-state index is 12.0. The van der Waals surface area contributed by atoms with Crippen LogP contribution in [0, 0.1) is 0 Å². The molecule has 0 bridgehead atoms. The largest absolute Gasteiger partial charge is 0.386 e. The molecule has 1 atom stereocenters. The minimum Gasteiger partial charge on any atom is -0.386 e. The first kappa shape index (κ1) is 33.0. The van der Waals surface area contributed by atoms with E-state index in [2.05, 4.69) is 24.4 Å². The van der Waals surface area contributed by atoms with E-state index >= 15 is 0 Å². The molecule has 0 heterocycles. The van der Waals surface area contributed by atoms with E-state index in [1.165, 1.54) is 64.2 Å². The highest BCUT2D eigenvalue weighted by molar-refractivity contribution is 7.85. The predicted octanol–water partition coefficient (Wildman–Crippen LogP) is 4.86. The van der Waals surface area contributed by atoms with Gasteiger partial charge >= 0.3 is 0 Å². The summed E-state index contributed by atoms with van der Waals surface area (Å²) in [5, 5.41) is 12.7. The predicted molar refractivity (Wildman–Crippen MR) is 141 cm³/mol. The van der Waals surface area contributed by atoms with Gasteiger partial charge in [-0.05, 0) is 32.1 Å². The van der Waals surface area contributed by atoms with Gasteiger partial charge in [0.15, 0.2) is 0 Å². The van der Waals surface area contributed by atoms with Crippen molar-refractivity contribution in [2.45, 2.75) is 109 Å². The minimum absolute atomic E-state index is 0.0781. The van der Waals surface area contributed by atoms with Crippen molar-refractivity contribution in [2.24, 2.45) is 0 Å². The molecule has 0 saturated heterocycles. The highest BCUT2D eigenvalue weighted by Crippen LogP contribution is 2.10. The Balaban J connectivity index is 3.57. The fourth-order valence-corrected chi connectivity index (χ4v) is 4.73. The van der Waals surface area contributed by atoms with Crippen LogP contribution >= 0.6 is 0 Å². The van der Waals surface area contributed by atoms with Crippen molar-refractivity contribution in [1.82, 2.24) is 5.32 Å². The number of likely N-dealkylation sites (N-methyl/N-ethyl adjacent to an activating group) is 1. The standard InChI is InChI=1S/C26H52N2O5S/c1-4-5-6-7-8-9-10-11-12-13-14-15-16-17-18-20-26(30)27-21-19-22-28(2,3)23-25(29)24-34(31,32)33/h11-12,25,29H,4-10,13-24H2,1-3H3,(H-,27,30,31,32,33)/p+1/b12-11-. The SMILES string of the molecule is CCCCCCCC/C=C\CCCCCCCC(=O)NCCC[N+](C)(C)CC(O)CS(=O)(=O)O. The summed E-state index contributed by atoms with van der Waals surface area (Å²) in [5.74, 6) is -0.573. The lowest BCUT2D eigenvalue weighted by Crippen LogP contribution is -2.48. The Bertz CT molecular complexity index is 635. The third-order valence-electron chi connectivity index (χ3n) is 6.04. The number of carbonyl (C=O) groups is 1. The average molecular weight is 506 g/mol. The van der Waals surface area contributed by atoms with Crippen molar-refractivity contribution in [3.8, 4) is 0 Å². The molecule has 0 rings (SSSR count). The van der Waals surface area contributed by atoms with E-state index < -0.39 is 22.0 Å². The van der Waals surface area contributed by atoms with E-state index in [0.717, 1.165) is 25.7 Å². The molecule has 7 nitrogen and oxygen atoms in total. The number of hydrogen-bond acceptors (Lipinski definition) is 4. The van der Waals surface area contributed by atoms with E-state index in [1.807, 2.05) is 14.1 Å². The van der Waals surface area contributed by atoms with Crippen molar-refractivity contribution in [1.29, 1.82) is 0 Å². The molecule has 0 aliphatic rings. The molecule has 0 aliphatic heterocycles. The Hall–Kier alpha value is -0.960. The summed E-state index contributed by atoms with van der Waals surface area (Å²) in [6.07, 6.45) is 21.0. The molecule has 8 heteroatoms. The summed E-state index contributed by atoms with van der Waals surface area (Å²) in [6.45, 7) is 3.74. The maximum Gasteiger partial charge on any atom is 0.267 e. The van der Waals surface area contributed by atoms with Gasteiger partial charge in [-0.25, -0.2) is 0 Å². The zero-order chi connectivity index (χ0) is 25.7. The molecule has 0 aromatic heterocycles. The Morgan fingerprint density at radius 2 is 1.41 bits per heavy atom. The van der Waals surface area contributed by atoms with E-state index in [9.17, 15) is 18.3 Å². The molecule has 0 aromatic carbocycles. The Morgan fingerprint density at radius 1 is 0.882 bits per heavy atom. The van der Waals surface area contributed by atoms with Gasteiger partial charge in [0.1, 0.15) is 18.4 Å². The number of aliphatic hydroxyl groups excluding tert-OH is 1. The first-order chi connectivity index (χ1) is 16.1. The monoisotopic (exact) mass is 505 g/mol. The number of rotatable bonds is 23.